The molecule has 0 aromatic heterocycles. The van der Waals surface area contributed by atoms with E-state index < -0.39 is 0 Å². The normalized spacial score (nSPS) is 10.5. The van der Waals surface area contributed by atoms with Gasteiger partial charge in [0.2, 0.25) is 5.91 Å². The number of hydrogen-bond acceptors (Lipinski definition) is 4. The Morgan fingerprint density at radius 1 is 0.964 bits per heavy atom. The number of amides is 1. The van der Waals surface area contributed by atoms with Gasteiger partial charge in [0, 0.05) is 27.1 Å². The molecular formula is C20H27IN4O3. The summed E-state index contributed by atoms with van der Waals surface area (Å²) in [5.74, 6) is 1.99. The van der Waals surface area contributed by atoms with Crippen molar-refractivity contribution in [2.45, 2.75) is 20.0 Å². The van der Waals surface area contributed by atoms with Gasteiger partial charge in [0.15, 0.2) is 5.96 Å². The van der Waals surface area contributed by atoms with Crippen LogP contribution in [0, 0.1) is 0 Å². The fourth-order valence-corrected chi connectivity index (χ4v) is 2.49. The molecule has 2 aromatic rings. The van der Waals surface area contributed by atoms with Crippen LogP contribution in [0.25, 0.3) is 0 Å². The van der Waals surface area contributed by atoms with E-state index in [4.69, 9.17) is 9.47 Å². The number of halogens is 1. The summed E-state index contributed by atoms with van der Waals surface area (Å²) < 4.78 is 10.4. The molecule has 0 unspecified atom stereocenters. The van der Waals surface area contributed by atoms with Gasteiger partial charge in [-0.25, -0.2) is 0 Å². The highest BCUT2D eigenvalue weighted by molar-refractivity contribution is 14.0. The van der Waals surface area contributed by atoms with Gasteiger partial charge in [-0.05, 0) is 35.4 Å². The summed E-state index contributed by atoms with van der Waals surface area (Å²) in [4.78, 5) is 15.6. The van der Waals surface area contributed by atoms with Crippen LogP contribution < -0.4 is 25.4 Å². The van der Waals surface area contributed by atoms with E-state index in [1.165, 1.54) is 6.92 Å². The van der Waals surface area contributed by atoms with Crippen molar-refractivity contribution < 1.29 is 14.3 Å². The van der Waals surface area contributed by atoms with Crippen LogP contribution in [0.3, 0.4) is 0 Å². The highest BCUT2D eigenvalue weighted by Crippen LogP contribution is 2.25. The van der Waals surface area contributed by atoms with Crippen LogP contribution in [0.4, 0.5) is 5.69 Å². The number of nitrogens with zero attached hydrogens (tertiary/aromatic N) is 1. The van der Waals surface area contributed by atoms with Gasteiger partial charge < -0.3 is 25.4 Å². The average Bonchev–Trinajstić information content (AvgIpc) is 2.68. The molecule has 1 amide bonds. The molecule has 0 aliphatic rings. The molecule has 0 atom stereocenters. The zero-order valence-electron chi connectivity index (χ0n) is 16.5. The van der Waals surface area contributed by atoms with E-state index in [1.54, 1.807) is 21.3 Å². The molecule has 0 saturated carbocycles. The van der Waals surface area contributed by atoms with Crippen molar-refractivity contribution in [2.75, 3.05) is 26.6 Å². The zero-order chi connectivity index (χ0) is 19.6. The molecule has 8 heteroatoms. The summed E-state index contributed by atoms with van der Waals surface area (Å²) in [6, 6.07) is 13.5. The summed E-state index contributed by atoms with van der Waals surface area (Å²) >= 11 is 0. The molecule has 0 aliphatic heterocycles. The van der Waals surface area contributed by atoms with Crippen molar-refractivity contribution in [3.63, 3.8) is 0 Å². The lowest BCUT2D eigenvalue weighted by molar-refractivity contribution is -0.114. The first-order valence-corrected chi connectivity index (χ1v) is 8.57. The van der Waals surface area contributed by atoms with Gasteiger partial charge >= 0.3 is 0 Å². The minimum absolute atomic E-state index is 0. The maximum Gasteiger partial charge on any atom is 0.221 e. The van der Waals surface area contributed by atoms with Gasteiger partial charge in [-0.1, -0.05) is 18.2 Å². The Morgan fingerprint density at radius 3 is 2.11 bits per heavy atom. The maximum atomic E-state index is 11.3. The smallest absolute Gasteiger partial charge is 0.221 e. The van der Waals surface area contributed by atoms with Gasteiger partial charge in [0.1, 0.15) is 11.5 Å². The summed E-state index contributed by atoms with van der Waals surface area (Å²) in [5.41, 5.74) is 2.76. The first-order valence-electron chi connectivity index (χ1n) is 8.57. The lowest BCUT2D eigenvalue weighted by Gasteiger charge is -2.14. The number of guanidine groups is 1. The first kappa shape index (κ1) is 23.5. The fourth-order valence-electron chi connectivity index (χ4n) is 2.49. The molecular weight excluding hydrogens is 471 g/mol. The van der Waals surface area contributed by atoms with E-state index in [0.29, 0.717) is 30.5 Å². The van der Waals surface area contributed by atoms with E-state index >= 15 is 0 Å². The molecule has 0 bridgehead atoms. The number of methoxy groups -OCH3 is 2. The summed E-state index contributed by atoms with van der Waals surface area (Å²) in [5, 5.41) is 9.30. The topological polar surface area (TPSA) is 84.0 Å². The van der Waals surface area contributed by atoms with Crippen molar-refractivity contribution in [3.8, 4) is 11.5 Å². The monoisotopic (exact) mass is 498 g/mol. The van der Waals surface area contributed by atoms with Crippen molar-refractivity contribution in [2.24, 2.45) is 4.99 Å². The van der Waals surface area contributed by atoms with Gasteiger partial charge in [0.05, 0.1) is 19.9 Å². The number of aliphatic imine (C=N–C) groups is 1. The van der Waals surface area contributed by atoms with Crippen LogP contribution in [0.2, 0.25) is 0 Å². The van der Waals surface area contributed by atoms with E-state index in [2.05, 4.69) is 20.9 Å². The van der Waals surface area contributed by atoms with E-state index in [-0.39, 0.29) is 29.9 Å². The zero-order valence-corrected chi connectivity index (χ0v) is 18.9. The van der Waals surface area contributed by atoms with Crippen LogP contribution in [0.5, 0.6) is 11.5 Å². The lowest BCUT2D eigenvalue weighted by Crippen LogP contribution is -2.36. The second-order valence-corrected chi connectivity index (χ2v) is 5.84. The third kappa shape index (κ3) is 7.26. The molecule has 2 aromatic carbocycles. The second kappa shape index (κ2) is 12.1. The number of rotatable bonds is 7. The van der Waals surface area contributed by atoms with E-state index in [1.807, 2.05) is 42.5 Å². The molecule has 28 heavy (non-hydrogen) atoms. The summed E-state index contributed by atoms with van der Waals surface area (Å²) in [6.07, 6.45) is 0. The predicted octanol–water partition coefficient (Wildman–Crippen LogP) is 3.15. The first-order chi connectivity index (χ1) is 13.0. The Hall–Kier alpha value is -2.49. The SMILES string of the molecule is CN=C(NCc1ccc(OC)cc1)NCc1ccc(OC)c(NC(C)=O)c1.I. The average molecular weight is 498 g/mol. The molecule has 0 heterocycles. The molecule has 0 radical (unpaired) electrons. The lowest BCUT2D eigenvalue weighted by atomic mass is 10.2. The number of nitrogens with one attached hydrogen (secondary N) is 3. The van der Waals surface area contributed by atoms with Crippen LogP contribution in [0.15, 0.2) is 47.5 Å². The van der Waals surface area contributed by atoms with Crippen LogP contribution >= 0.6 is 24.0 Å². The number of hydrogen-bond donors (Lipinski definition) is 3. The minimum atomic E-state index is -0.143. The highest BCUT2D eigenvalue weighted by Gasteiger charge is 2.07. The van der Waals surface area contributed by atoms with Crippen molar-refractivity contribution in [3.05, 3.63) is 53.6 Å². The molecule has 2 rings (SSSR count). The summed E-state index contributed by atoms with van der Waals surface area (Å²) in [6.45, 7) is 2.66. The van der Waals surface area contributed by atoms with Crippen molar-refractivity contribution >= 4 is 41.5 Å². The van der Waals surface area contributed by atoms with Crippen molar-refractivity contribution in [1.82, 2.24) is 10.6 Å². The fraction of sp³-hybridized carbons (Fsp3) is 0.300. The standard InChI is InChI=1S/C20H26N4O3.HI/c1-14(25)24-18-11-16(7-10-19(18)27-4)13-23-20(21-2)22-12-15-5-8-17(26-3)9-6-15;/h5-11H,12-13H2,1-4H3,(H,24,25)(H2,21,22,23);1H. The molecule has 0 spiro atoms. The molecule has 3 N–H and O–H groups in total. The Balaban J connectivity index is 0.00000392. The number of ether oxygens (including phenoxy) is 2. The van der Waals surface area contributed by atoms with Crippen molar-refractivity contribution in [1.29, 1.82) is 0 Å². The Morgan fingerprint density at radius 2 is 1.57 bits per heavy atom. The van der Waals surface area contributed by atoms with E-state index in [9.17, 15) is 4.79 Å². The molecule has 0 fully saturated rings. The Bertz CT molecular complexity index is 795. The third-order valence-electron chi connectivity index (χ3n) is 3.88. The molecule has 0 aliphatic carbocycles. The molecule has 0 saturated heterocycles. The number of carbonyl (C=O) groups is 1. The maximum absolute atomic E-state index is 11.3. The molecule has 7 nitrogen and oxygen atoms in total. The van der Waals surface area contributed by atoms with Crippen LogP contribution in [0.1, 0.15) is 18.1 Å². The van der Waals surface area contributed by atoms with Gasteiger partial charge in [-0.2, -0.15) is 0 Å². The minimum Gasteiger partial charge on any atom is -0.497 e. The second-order valence-electron chi connectivity index (χ2n) is 5.84. The quantitative estimate of drug-likeness (QED) is 0.311. The number of carbonyl (C=O) groups excluding carboxylic acids is 1. The van der Waals surface area contributed by atoms with Gasteiger partial charge in [0.25, 0.3) is 0 Å². The largest absolute Gasteiger partial charge is 0.497 e. The summed E-state index contributed by atoms with van der Waals surface area (Å²) in [7, 11) is 4.94. The Labute approximate surface area is 182 Å². The van der Waals surface area contributed by atoms with Crippen LogP contribution in [-0.2, 0) is 17.9 Å². The van der Waals surface area contributed by atoms with E-state index in [0.717, 1.165) is 16.9 Å². The predicted molar refractivity (Wildman–Crippen MR) is 123 cm³/mol. The van der Waals surface area contributed by atoms with Crippen LogP contribution in [-0.4, -0.2) is 33.1 Å². The third-order valence-corrected chi connectivity index (χ3v) is 3.88. The van der Waals surface area contributed by atoms with Gasteiger partial charge in [-0.3, -0.25) is 9.79 Å². The Kier molecular flexibility index (Phi) is 10.1. The number of anilines is 1. The molecule has 152 valence electrons. The highest BCUT2D eigenvalue weighted by atomic mass is 127. The number of benzene rings is 2. The van der Waals surface area contributed by atoms with Gasteiger partial charge in [-0.15, -0.1) is 24.0 Å².